The summed E-state index contributed by atoms with van der Waals surface area (Å²) in [5.41, 5.74) is 0.260. The second-order valence-electron chi connectivity index (χ2n) is 7.48. The number of benzene rings is 1. The molecular weight excluding hydrogens is 389 g/mol. The molecule has 154 valence electrons. The van der Waals surface area contributed by atoms with Crippen LogP contribution in [0, 0.1) is 0 Å². The summed E-state index contributed by atoms with van der Waals surface area (Å²) in [5.74, 6) is -0.469. The van der Waals surface area contributed by atoms with Gasteiger partial charge in [-0.25, -0.2) is 0 Å². The Balaban J connectivity index is 1.87. The van der Waals surface area contributed by atoms with Crippen LogP contribution in [0.1, 0.15) is 54.9 Å². The zero-order valence-corrected chi connectivity index (χ0v) is 17.0. The summed E-state index contributed by atoms with van der Waals surface area (Å²) in [4.78, 5) is 13.3. The van der Waals surface area contributed by atoms with E-state index in [0.29, 0.717) is 0 Å². The first-order valence-electron chi connectivity index (χ1n) is 9.29. The molecule has 8 heteroatoms. The van der Waals surface area contributed by atoms with Crippen LogP contribution >= 0.6 is 11.8 Å². The standard InChI is InChI=1S/C20H25F3N2O2S/c1-19(25-13-6-4-7-13)9-5-8-16(19)24-18(26)17-14(27-2)10-12(20(21,22)23)11-15(17)28-3/h6,10-11,16,25H,4-5,7-9H2,1-3H3,(H,24,26)/t16-,19?/m0/s1. The third kappa shape index (κ3) is 4.11. The Morgan fingerprint density at radius 1 is 1.36 bits per heavy atom. The highest BCUT2D eigenvalue weighted by Crippen LogP contribution is 2.39. The van der Waals surface area contributed by atoms with Gasteiger partial charge in [0.2, 0.25) is 0 Å². The molecule has 0 bridgehead atoms. The molecule has 3 rings (SSSR count). The van der Waals surface area contributed by atoms with E-state index in [0.717, 1.165) is 56.0 Å². The smallest absolute Gasteiger partial charge is 0.416 e. The summed E-state index contributed by atoms with van der Waals surface area (Å²) in [6.07, 6.45) is 4.09. The number of nitrogens with one attached hydrogen (secondary N) is 2. The molecule has 1 saturated carbocycles. The number of hydrogen-bond donors (Lipinski definition) is 2. The fraction of sp³-hybridized carbons (Fsp3) is 0.550. The normalized spacial score (nSPS) is 24.4. The first-order chi connectivity index (χ1) is 13.2. The van der Waals surface area contributed by atoms with E-state index in [2.05, 4.69) is 23.6 Å². The van der Waals surface area contributed by atoms with Crippen molar-refractivity contribution in [2.75, 3.05) is 13.4 Å². The molecule has 1 aromatic carbocycles. The number of carbonyl (C=O) groups is 1. The van der Waals surface area contributed by atoms with Gasteiger partial charge in [-0.1, -0.05) is 6.08 Å². The van der Waals surface area contributed by atoms with Gasteiger partial charge in [0.05, 0.1) is 29.8 Å². The minimum Gasteiger partial charge on any atom is -0.496 e. The molecule has 1 amide bonds. The highest BCUT2D eigenvalue weighted by atomic mass is 32.2. The molecule has 28 heavy (non-hydrogen) atoms. The average molecular weight is 414 g/mol. The summed E-state index contributed by atoms with van der Waals surface area (Å²) in [5, 5.41) is 6.59. The molecule has 0 saturated heterocycles. The second-order valence-corrected chi connectivity index (χ2v) is 8.33. The van der Waals surface area contributed by atoms with Gasteiger partial charge in [0.15, 0.2) is 0 Å². The van der Waals surface area contributed by atoms with E-state index in [1.165, 1.54) is 12.8 Å². The summed E-state index contributed by atoms with van der Waals surface area (Å²) >= 11 is 1.10. The maximum atomic E-state index is 13.2. The lowest BCUT2D eigenvalue weighted by atomic mass is 9.92. The molecule has 0 spiro atoms. The quantitative estimate of drug-likeness (QED) is 0.660. The Morgan fingerprint density at radius 2 is 2.07 bits per heavy atom. The zero-order valence-electron chi connectivity index (χ0n) is 16.2. The van der Waals surface area contributed by atoms with Crippen LogP contribution in [0.3, 0.4) is 0 Å². The van der Waals surface area contributed by atoms with Crippen molar-refractivity contribution in [3.05, 3.63) is 35.0 Å². The molecular formula is C20H25F3N2O2S. The Bertz CT molecular complexity index is 769. The van der Waals surface area contributed by atoms with Crippen LogP contribution in [0.15, 0.2) is 28.8 Å². The molecule has 2 aliphatic rings. The molecule has 1 aromatic rings. The number of alkyl halides is 3. The van der Waals surface area contributed by atoms with E-state index in [1.54, 1.807) is 6.26 Å². The third-order valence-corrected chi connectivity index (χ3v) is 6.34. The highest BCUT2D eigenvalue weighted by Gasteiger charge is 2.41. The van der Waals surface area contributed by atoms with Gasteiger partial charge >= 0.3 is 6.18 Å². The van der Waals surface area contributed by atoms with Crippen LogP contribution in [0.2, 0.25) is 0 Å². The maximum absolute atomic E-state index is 13.2. The fourth-order valence-corrected chi connectivity index (χ4v) is 4.49. The van der Waals surface area contributed by atoms with Crippen LogP contribution in [-0.2, 0) is 6.18 Å². The second kappa shape index (κ2) is 7.89. The summed E-state index contributed by atoms with van der Waals surface area (Å²) in [7, 11) is 1.28. The van der Waals surface area contributed by atoms with E-state index in [4.69, 9.17) is 4.74 Å². The Kier molecular flexibility index (Phi) is 5.89. The molecule has 0 aromatic heterocycles. The zero-order chi connectivity index (χ0) is 20.5. The lowest BCUT2D eigenvalue weighted by Crippen LogP contribution is -2.55. The van der Waals surface area contributed by atoms with Crippen LogP contribution in [-0.4, -0.2) is 30.9 Å². The maximum Gasteiger partial charge on any atom is 0.416 e. The van der Waals surface area contributed by atoms with Crippen molar-refractivity contribution >= 4 is 17.7 Å². The minimum atomic E-state index is -4.50. The van der Waals surface area contributed by atoms with Crippen LogP contribution < -0.4 is 15.4 Å². The van der Waals surface area contributed by atoms with Gasteiger partial charge in [0, 0.05) is 10.6 Å². The van der Waals surface area contributed by atoms with Gasteiger partial charge in [0.25, 0.3) is 5.91 Å². The summed E-state index contributed by atoms with van der Waals surface area (Å²) in [6, 6.07) is 1.79. The molecule has 2 aliphatic carbocycles. The van der Waals surface area contributed by atoms with Crippen LogP contribution in [0.25, 0.3) is 0 Å². The molecule has 0 aliphatic heterocycles. The topological polar surface area (TPSA) is 50.4 Å². The van der Waals surface area contributed by atoms with E-state index in [-0.39, 0.29) is 27.8 Å². The van der Waals surface area contributed by atoms with Crippen molar-refractivity contribution in [2.45, 2.75) is 61.7 Å². The van der Waals surface area contributed by atoms with Crippen molar-refractivity contribution in [3.63, 3.8) is 0 Å². The summed E-state index contributed by atoms with van der Waals surface area (Å²) < 4.78 is 44.6. The van der Waals surface area contributed by atoms with Gasteiger partial charge < -0.3 is 15.4 Å². The predicted octanol–water partition coefficient (Wildman–Crippen LogP) is 4.74. The molecule has 4 nitrogen and oxygen atoms in total. The van der Waals surface area contributed by atoms with E-state index < -0.39 is 17.6 Å². The van der Waals surface area contributed by atoms with Gasteiger partial charge in [0.1, 0.15) is 5.75 Å². The monoisotopic (exact) mass is 414 g/mol. The van der Waals surface area contributed by atoms with Crippen molar-refractivity contribution in [1.82, 2.24) is 10.6 Å². The SMILES string of the molecule is COc1cc(C(F)(F)F)cc(SC)c1C(=O)N[C@H]1CCCC1(C)NC1=CCC1. The Hall–Kier alpha value is -1.83. The van der Waals surface area contributed by atoms with E-state index >= 15 is 0 Å². The Morgan fingerprint density at radius 3 is 2.61 bits per heavy atom. The van der Waals surface area contributed by atoms with E-state index in [9.17, 15) is 18.0 Å². The minimum absolute atomic E-state index is 0.0639. The lowest BCUT2D eigenvalue weighted by molar-refractivity contribution is -0.137. The first-order valence-corrected chi connectivity index (χ1v) is 10.5. The van der Waals surface area contributed by atoms with Crippen molar-refractivity contribution in [1.29, 1.82) is 0 Å². The van der Waals surface area contributed by atoms with Crippen LogP contribution in [0.4, 0.5) is 13.2 Å². The highest BCUT2D eigenvalue weighted by molar-refractivity contribution is 7.98. The number of allylic oxidation sites excluding steroid dienone is 2. The van der Waals surface area contributed by atoms with Gasteiger partial charge in [-0.05, 0) is 57.4 Å². The van der Waals surface area contributed by atoms with Crippen LogP contribution in [0.5, 0.6) is 5.75 Å². The summed E-state index contributed by atoms with van der Waals surface area (Å²) in [6.45, 7) is 2.09. The number of rotatable bonds is 6. The number of methoxy groups -OCH3 is 1. The Labute approximate surface area is 167 Å². The fourth-order valence-electron chi connectivity index (χ4n) is 3.85. The van der Waals surface area contributed by atoms with Crippen molar-refractivity contribution < 1.29 is 22.7 Å². The molecule has 0 heterocycles. The first kappa shape index (κ1) is 20.9. The van der Waals surface area contributed by atoms with Gasteiger partial charge in [-0.15, -0.1) is 11.8 Å². The molecule has 1 unspecified atom stereocenters. The number of amides is 1. The molecule has 2 N–H and O–H groups in total. The average Bonchev–Trinajstić information content (AvgIpc) is 2.96. The number of thioether (sulfide) groups is 1. The third-order valence-electron chi connectivity index (χ3n) is 5.57. The molecule has 2 atom stereocenters. The molecule has 0 radical (unpaired) electrons. The molecule has 1 fully saturated rings. The number of halogens is 3. The lowest BCUT2D eigenvalue weighted by Gasteiger charge is -2.37. The van der Waals surface area contributed by atoms with E-state index in [1.807, 2.05) is 0 Å². The largest absolute Gasteiger partial charge is 0.496 e. The number of ether oxygens (including phenoxy) is 1. The predicted molar refractivity (Wildman–Crippen MR) is 104 cm³/mol. The van der Waals surface area contributed by atoms with Gasteiger partial charge in [-0.3, -0.25) is 4.79 Å². The van der Waals surface area contributed by atoms with Crippen molar-refractivity contribution in [2.24, 2.45) is 0 Å². The number of hydrogen-bond acceptors (Lipinski definition) is 4. The van der Waals surface area contributed by atoms with Crippen molar-refractivity contribution in [3.8, 4) is 5.75 Å². The number of carbonyl (C=O) groups excluding carboxylic acids is 1. The van der Waals surface area contributed by atoms with Gasteiger partial charge in [-0.2, -0.15) is 13.2 Å².